The zero-order chi connectivity index (χ0) is 19.0. The Morgan fingerprint density at radius 3 is 2.74 bits per heavy atom. The second-order valence-corrected chi connectivity index (χ2v) is 7.77. The molecule has 0 saturated heterocycles. The third-order valence-corrected chi connectivity index (χ3v) is 5.74. The van der Waals surface area contributed by atoms with Crippen molar-refractivity contribution in [2.24, 2.45) is 0 Å². The normalized spacial score (nSPS) is 11.5. The van der Waals surface area contributed by atoms with Crippen LogP contribution in [0.4, 0.5) is 5.82 Å². The monoisotopic (exact) mass is 396 g/mol. The Morgan fingerprint density at radius 1 is 1.26 bits per heavy atom. The van der Waals surface area contributed by atoms with Gasteiger partial charge in [-0.3, -0.25) is 0 Å². The van der Waals surface area contributed by atoms with Gasteiger partial charge < -0.3 is 15.0 Å². The number of imidazole rings is 1. The van der Waals surface area contributed by atoms with Crippen molar-refractivity contribution in [3.8, 4) is 5.75 Å². The number of nitrogen functional groups attached to an aromatic ring is 1. The number of thiophene rings is 1. The first-order chi connectivity index (χ1) is 13.1. The summed E-state index contributed by atoms with van der Waals surface area (Å²) < 4.78 is 9.19. The maximum atomic E-state index is 6.21. The molecule has 0 unspecified atom stereocenters. The minimum Gasteiger partial charge on any atom is -0.497 e. The largest absolute Gasteiger partial charge is 0.497 e. The molecule has 136 valence electrons. The molecule has 4 rings (SSSR count). The van der Waals surface area contributed by atoms with Crippen LogP contribution in [0.5, 0.6) is 5.75 Å². The topological polar surface area (TPSA) is 66.0 Å². The zero-order valence-electron chi connectivity index (χ0n) is 14.9. The number of aryl methyl sites for hydroxylation is 1. The number of anilines is 1. The van der Waals surface area contributed by atoms with E-state index >= 15 is 0 Å². The first-order valence-corrected chi connectivity index (χ1v) is 9.98. The third kappa shape index (κ3) is 3.37. The molecule has 4 aromatic rings. The van der Waals surface area contributed by atoms with Crippen molar-refractivity contribution in [1.82, 2.24) is 14.5 Å². The minimum absolute atomic E-state index is 0.427. The number of ether oxygens (including phenoxy) is 1. The van der Waals surface area contributed by atoms with Gasteiger partial charge in [0.25, 0.3) is 0 Å². The summed E-state index contributed by atoms with van der Waals surface area (Å²) in [7, 11) is 7.69. The van der Waals surface area contributed by atoms with Gasteiger partial charge in [0, 0.05) is 18.8 Å². The molecule has 0 bridgehead atoms. The molecule has 5 nitrogen and oxygen atoms in total. The van der Waals surface area contributed by atoms with E-state index in [9.17, 15) is 0 Å². The molecule has 0 aliphatic carbocycles. The number of methoxy groups -OCH3 is 1. The van der Waals surface area contributed by atoms with E-state index in [1.54, 1.807) is 7.11 Å². The van der Waals surface area contributed by atoms with E-state index in [0.717, 1.165) is 51.2 Å². The van der Waals surface area contributed by atoms with Crippen LogP contribution in [-0.2, 0) is 13.0 Å². The summed E-state index contributed by atoms with van der Waals surface area (Å²) in [5.41, 5.74) is 9.87. The van der Waals surface area contributed by atoms with Crippen LogP contribution in [-0.4, -0.2) is 35.4 Å². The number of nitrogens with two attached hydrogens (primary N) is 1. The van der Waals surface area contributed by atoms with Gasteiger partial charge in [-0.15, -0.1) is 22.9 Å². The second kappa shape index (κ2) is 7.41. The summed E-state index contributed by atoms with van der Waals surface area (Å²) in [6.07, 6.45) is 1.62. The molecule has 0 fully saturated rings. The highest BCUT2D eigenvalue weighted by molar-refractivity contribution is 7.26. The van der Waals surface area contributed by atoms with Crippen molar-refractivity contribution in [2.45, 2.75) is 19.4 Å². The highest BCUT2D eigenvalue weighted by atomic mass is 35.5. The Bertz CT molecular complexity index is 1110. The summed E-state index contributed by atoms with van der Waals surface area (Å²) in [4.78, 5) is 9.28. The lowest BCUT2D eigenvalue weighted by Gasteiger charge is -2.10. The van der Waals surface area contributed by atoms with E-state index in [1.165, 1.54) is 11.3 Å². The lowest BCUT2D eigenvalue weighted by molar-refractivity contribution is 0.414. The highest BCUT2D eigenvalue weighted by Gasteiger charge is 2.18. The number of benzene rings is 1. The van der Waals surface area contributed by atoms with E-state index in [0.29, 0.717) is 23.0 Å². The summed E-state index contributed by atoms with van der Waals surface area (Å²) in [5.74, 6) is 2.80. The average Bonchev–Trinajstić information content (AvgIpc) is 3.21. The molecule has 2 radical (unpaired) electrons. The van der Waals surface area contributed by atoms with E-state index < -0.39 is 0 Å². The number of hydrogen-bond acceptors (Lipinski definition) is 5. The molecule has 0 amide bonds. The summed E-state index contributed by atoms with van der Waals surface area (Å²) in [6, 6.07) is 9.89. The number of nitrogens with zero attached hydrogens (tertiary/aromatic N) is 3. The fourth-order valence-electron chi connectivity index (χ4n) is 3.24. The minimum atomic E-state index is 0.427. The van der Waals surface area contributed by atoms with Crippen LogP contribution in [0, 0.1) is 0 Å². The van der Waals surface area contributed by atoms with Gasteiger partial charge in [0.2, 0.25) is 0 Å². The standard InChI is InChI=1S/C19H18BClN4OS/c1-26-12-6-4-11(5-7-12)10-25-15(3-2-8-21)24-16-17(25)18-13(23-19(16)22)9-14(20)27-18/h4-7,9H,2-3,8,10H2,1H3,(H2,22,23). The van der Waals surface area contributed by atoms with Crippen LogP contribution < -0.4 is 15.2 Å². The lowest BCUT2D eigenvalue weighted by atomic mass is 10.1. The molecule has 0 saturated carbocycles. The Morgan fingerprint density at radius 2 is 2.04 bits per heavy atom. The Labute approximate surface area is 167 Å². The number of fused-ring (bicyclic) bond motifs is 3. The van der Waals surface area contributed by atoms with Crippen LogP contribution in [0.15, 0.2) is 30.3 Å². The molecular weight excluding hydrogens is 379 g/mol. The van der Waals surface area contributed by atoms with Crippen LogP contribution in [0.2, 0.25) is 0 Å². The van der Waals surface area contributed by atoms with E-state index in [1.807, 2.05) is 18.2 Å². The van der Waals surface area contributed by atoms with Gasteiger partial charge in [-0.1, -0.05) is 12.1 Å². The van der Waals surface area contributed by atoms with Crippen LogP contribution in [0.1, 0.15) is 17.8 Å². The van der Waals surface area contributed by atoms with E-state index in [-0.39, 0.29) is 0 Å². The van der Waals surface area contributed by atoms with Crippen molar-refractivity contribution in [3.05, 3.63) is 41.7 Å². The molecular formula is C19H18BClN4OS. The van der Waals surface area contributed by atoms with Gasteiger partial charge in [0.1, 0.15) is 24.9 Å². The summed E-state index contributed by atoms with van der Waals surface area (Å²) in [6.45, 7) is 0.675. The van der Waals surface area contributed by atoms with Gasteiger partial charge in [0.05, 0.1) is 22.8 Å². The molecule has 2 N–H and O–H groups in total. The summed E-state index contributed by atoms with van der Waals surface area (Å²) >= 11 is 7.43. The van der Waals surface area contributed by atoms with E-state index in [2.05, 4.69) is 21.7 Å². The Balaban J connectivity index is 1.90. The van der Waals surface area contributed by atoms with Crippen LogP contribution >= 0.6 is 22.9 Å². The third-order valence-electron chi connectivity index (χ3n) is 4.51. The fourth-order valence-corrected chi connectivity index (χ4v) is 4.30. The van der Waals surface area contributed by atoms with Crippen molar-refractivity contribution in [3.63, 3.8) is 0 Å². The average molecular weight is 397 g/mol. The number of hydrogen-bond donors (Lipinski definition) is 1. The molecule has 8 heteroatoms. The van der Waals surface area contributed by atoms with Gasteiger partial charge in [-0.25, -0.2) is 9.97 Å². The van der Waals surface area contributed by atoms with Gasteiger partial charge in [-0.05, 0) is 35.0 Å². The van der Waals surface area contributed by atoms with Gasteiger partial charge in [-0.2, -0.15) is 0 Å². The predicted octanol–water partition coefficient (Wildman–Crippen LogP) is 3.25. The molecule has 0 aliphatic rings. The van der Waals surface area contributed by atoms with Crippen LogP contribution in [0.3, 0.4) is 0 Å². The molecule has 0 spiro atoms. The first kappa shape index (κ1) is 18.1. The Kier molecular flexibility index (Phi) is 4.97. The fraction of sp³-hybridized carbons (Fsp3) is 0.263. The number of pyridine rings is 1. The molecule has 27 heavy (non-hydrogen) atoms. The zero-order valence-corrected chi connectivity index (χ0v) is 16.5. The maximum Gasteiger partial charge on any atom is 0.152 e. The van der Waals surface area contributed by atoms with Crippen molar-refractivity contribution in [2.75, 3.05) is 18.7 Å². The quantitative estimate of drug-likeness (QED) is 0.401. The lowest BCUT2D eigenvalue weighted by Crippen LogP contribution is -2.06. The summed E-state index contributed by atoms with van der Waals surface area (Å²) in [5, 5.41) is 0. The number of aromatic nitrogens is 3. The second-order valence-electron chi connectivity index (χ2n) is 6.31. The Hall–Kier alpha value is -2.25. The molecule has 0 atom stereocenters. The number of rotatable bonds is 6. The number of alkyl halides is 1. The molecule has 0 aliphatic heterocycles. The van der Waals surface area contributed by atoms with Crippen molar-refractivity contribution in [1.29, 1.82) is 0 Å². The molecule has 3 aromatic heterocycles. The van der Waals surface area contributed by atoms with E-state index in [4.69, 9.17) is 34.9 Å². The molecule has 1 aromatic carbocycles. The predicted molar refractivity (Wildman–Crippen MR) is 114 cm³/mol. The smallest absolute Gasteiger partial charge is 0.152 e. The molecule has 3 heterocycles. The highest BCUT2D eigenvalue weighted by Crippen LogP contribution is 2.32. The first-order valence-electron chi connectivity index (χ1n) is 8.63. The number of halogens is 1. The van der Waals surface area contributed by atoms with Crippen molar-refractivity contribution < 1.29 is 4.74 Å². The SMILES string of the molecule is [B]c1cc2nc(N)c3nc(CCCCl)n(Cc4ccc(OC)cc4)c3c2s1. The van der Waals surface area contributed by atoms with Crippen LogP contribution in [0.25, 0.3) is 21.3 Å². The van der Waals surface area contributed by atoms with Gasteiger partial charge in [0.15, 0.2) is 5.82 Å². The van der Waals surface area contributed by atoms with Crippen molar-refractivity contribution >= 4 is 62.6 Å². The maximum absolute atomic E-state index is 6.21. The van der Waals surface area contributed by atoms with Gasteiger partial charge >= 0.3 is 0 Å².